The van der Waals surface area contributed by atoms with Gasteiger partial charge in [-0.2, -0.15) is 0 Å². The van der Waals surface area contributed by atoms with Crippen LogP contribution in [0, 0.1) is 0 Å². The fourth-order valence-corrected chi connectivity index (χ4v) is 2.26. The Morgan fingerprint density at radius 3 is 2.72 bits per heavy atom. The van der Waals surface area contributed by atoms with Gasteiger partial charge in [0, 0.05) is 12.6 Å². The average Bonchev–Trinajstić information content (AvgIpc) is 2.42. The van der Waals surface area contributed by atoms with Gasteiger partial charge in [-0.1, -0.05) is 6.42 Å². The third-order valence-electron chi connectivity index (χ3n) is 3.33. The van der Waals surface area contributed by atoms with E-state index in [0.717, 1.165) is 12.3 Å². The molecule has 100 valence electrons. The van der Waals surface area contributed by atoms with Gasteiger partial charge in [0.2, 0.25) is 0 Å². The van der Waals surface area contributed by atoms with Crippen LogP contribution in [0.2, 0.25) is 0 Å². The van der Waals surface area contributed by atoms with Crippen molar-refractivity contribution in [3.63, 3.8) is 0 Å². The van der Waals surface area contributed by atoms with Gasteiger partial charge in [0.1, 0.15) is 18.1 Å². The lowest BCUT2D eigenvalue weighted by molar-refractivity contribution is 0.183. The second-order valence-electron chi connectivity index (χ2n) is 4.65. The molecular weight excluding hydrogens is 228 g/mol. The highest BCUT2D eigenvalue weighted by molar-refractivity contribution is 5.55. The molecule has 0 atom stereocenters. The zero-order valence-corrected chi connectivity index (χ0v) is 11.0. The van der Waals surface area contributed by atoms with Crippen molar-refractivity contribution in [2.45, 2.75) is 19.3 Å². The summed E-state index contributed by atoms with van der Waals surface area (Å²) in [5.74, 6) is 1.49. The molecule has 1 aromatic carbocycles. The lowest BCUT2D eigenvalue weighted by Crippen LogP contribution is -2.33. The Kier molecular flexibility index (Phi) is 4.70. The number of benzene rings is 1. The fourth-order valence-electron chi connectivity index (χ4n) is 2.26. The van der Waals surface area contributed by atoms with Crippen LogP contribution in [0.4, 0.5) is 5.69 Å². The summed E-state index contributed by atoms with van der Waals surface area (Å²) in [6, 6.07) is 5.54. The molecule has 1 heterocycles. The first-order valence-electron chi connectivity index (χ1n) is 6.58. The molecule has 1 fully saturated rings. The number of piperidine rings is 1. The minimum atomic E-state index is 0.640. The molecule has 1 aliphatic rings. The molecule has 2 N–H and O–H groups in total. The number of likely N-dealkylation sites (tertiary alicyclic amines) is 1. The third-order valence-corrected chi connectivity index (χ3v) is 3.33. The van der Waals surface area contributed by atoms with Crippen LogP contribution in [-0.4, -0.2) is 38.3 Å². The summed E-state index contributed by atoms with van der Waals surface area (Å²) in [5.41, 5.74) is 6.40. The van der Waals surface area contributed by atoms with E-state index in [-0.39, 0.29) is 0 Å². The van der Waals surface area contributed by atoms with Crippen molar-refractivity contribution in [3.8, 4) is 11.5 Å². The smallest absolute Gasteiger partial charge is 0.145 e. The standard InChI is InChI=1S/C14H22N2O2/c1-17-14-11-12(5-6-13(14)15)18-10-9-16-7-3-2-4-8-16/h5-6,11H,2-4,7-10,15H2,1H3. The molecule has 0 aromatic heterocycles. The van der Waals surface area contributed by atoms with Crippen molar-refractivity contribution in [1.29, 1.82) is 0 Å². The summed E-state index contributed by atoms with van der Waals surface area (Å²) in [7, 11) is 1.61. The van der Waals surface area contributed by atoms with Crippen LogP contribution in [-0.2, 0) is 0 Å². The van der Waals surface area contributed by atoms with Gasteiger partial charge in [0.15, 0.2) is 0 Å². The monoisotopic (exact) mass is 250 g/mol. The van der Waals surface area contributed by atoms with Gasteiger partial charge < -0.3 is 15.2 Å². The summed E-state index contributed by atoms with van der Waals surface area (Å²) in [6.45, 7) is 4.11. The van der Waals surface area contributed by atoms with Crippen molar-refractivity contribution in [2.24, 2.45) is 0 Å². The molecule has 1 saturated heterocycles. The number of rotatable bonds is 5. The number of nitrogens with zero attached hydrogens (tertiary/aromatic N) is 1. The molecule has 1 aliphatic heterocycles. The molecule has 2 rings (SSSR count). The Hall–Kier alpha value is -1.42. The van der Waals surface area contributed by atoms with Crippen molar-refractivity contribution >= 4 is 5.69 Å². The zero-order chi connectivity index (χ0) is 12.8. The SMILES string of the molecule is COc1cc(OCCN2CCCCC2)ccc1N. The van der Waals surface area contributed by atoms with Gasteiger partial charge in [-0.3, -0.25) is 4.90 Å². The number of nitrogen functional groups attached to an aromatic ring is 1. The quantitative estimate of drug-likeness (QED) is 0.813. The highest BCUT2D eigenvalue weighted by Gasteiger charge is 2.09. The van der Waals surface area contributed by atoms with Gasteiger partial charge in [-0.15, -0.1) is 0 Å². The van der Waals surface area contributed by atoms with Crippen molar-refractivity contribution in [2.75, 3.05) is 39.1 Å². The number of hydrogen-bond donors (Lipinski definition) is 1. The minimum absolute atomic E-state index is 0.640. The van der Waals surface area contributed by atoms with Gasteiger partial charge in [0.05, 0.1) is 12.8 Å². The maximum absolute atomic E-state index is 5.76. The topological polar surface area (TPSA) is 47.7 Å². The molecule has 1 aromatic rings. The predicted octanol–water partition coefficient (Wildman–Crippen LogP) is 2.14. The fraction of sp³-hybridized carbons (Fsp3) is 0.571. The maximum atomic E-state index is 5.76. The van der Waals surface area contributed by atoms with E-state index >= 15 is 0 Å². The number of nitrogens with two attached hydrogens (primary N) is 1. The summed E-state index contributed by atoms with van der Waals surface area (Å²) in [6.07, 6.45) is 4.00. The van der Waals surface area contributed by atoms with Gasteiger partial charge in [-0.25, -0.2) is 0 Å². The summed E-state index contributed by atoms with van der Waals surface area (Å²) < 4.78 is 10.9. The molecule has 0 aliphatic carbocycles. The second kappa shape index (κ2) is 6.50. The van der Waals surface area contributed by atoms with Crippen LogP contribution in [0.5, 0.6) is 11.5 Å². The van der Waals surface area contributed by atoms with Crippen LogP contribution >= 0.6 is 0 Å². The number of anilines is 1. The van der Waals surface area contributed by atoms with E-state index in [1.165, 1.54) is 32.4 Å². The van der Waals surface area contributed by atoms with Crippen molar-refractivity contribution in [3.05, 3.63) is 18.2 Å². The lowest BCUT2D eigenvalue weighted by Gasteiger charge is -2.26. The summed E-state index contributed by atoms with van der Waals surface area (Å²) in [5, 5.41) is 0. The van der Waals surface area contributed by atoms with Crippen LogP contribution in [0.1, 0.15) is 19.3 Å². The highest BCUT2D eigenvalue weighted by Crippen LogP contribution is 2.26. The van der Waals surface area contributed by atoms with Crippen LogP contribution in [0.3, 0.4) is 0 Å². The lowest BCUT2D eigenvalue weighted by atomic mass is 10.1. The van der Waals surface area contributed by atoms with E-state index < -0.39 is 0 Å². The van der Waals surface area contributed by atoms with E-state index in [4.69, 9.17) is 15.2 Å². The number of methoxy groups -OCH3 is 1. The van der Waals surface area contributed by atoms with Crippen LogP contribution in [0.25, 0.3) is 0 Å². The van der Waals surface area contributed by atoms with Crippen LogP contribution in [0.15, 0.2) is 18.2 Å². The van der Waals surface area contributed by atoms with Gasteiger partial charge >= 0.3 is 0 Å². The summed E-state index contributed by atoms with van der Waals surface area (Å²) in [4.78, 5) is 2.46. The minimum Gasteiger partial charge on any atom is -0.494 e. The molecule has 0 amide bonds. The predicted molar refractivity (Wildman–Crippen MR) is 73.2 cm³/mol. The van der Waals surface area contributed by atoms with Gasteiger partial charge in [0.25, 0.3) is 0 Å². The Morgan fingerprint density at radius 2 is 2.00 bits per heavy atom. The van der Waals surface area contributed by atoms with Crippen molar-refractivity contribution in [1.82, 2.24) is 4.90 Å². The second-order valence-corrected chi connectivity index (χ2v) is 4.65. The molecule has 0 bridgehead atoms. The summed E-state index contributed by atoms with van der Waals surface area (Å²) >= 11 is 0. The molecule has 0 radical (unpaired) electrons. The van der Waals surface area contributed by atoms with E-state index in [0.29, 0.717) is 18.0 Å². The maximum Gasteiger partial charge on any atom is 0.145 e. The molecule has 4 heteroatoms. The highest BCUT2D eigenvalue weighted by atomic mass is 16.5. The van der Waals surface area contributed by atoms with E-state index in [9.17, 15) is 0 Å². The number of hydrogen-bond acceptors (Lipinski definition) is 4. The normalized spacial score (nSPS) is 16.5. The Morgan fingerprint density at radius 1 is 1.22 bits per heavy atom. The molecule has 18 heavy (non-hydrogen) atoms. The van der Waals surface area contributed by atoms with E-state index in [1.807, 2.05) is 18.2 Å². The average molecular weight is 250 g/mol. The molecular formula is C14H22N2O2. The first-order valence-corrected chi connectivity index (χ1v) is 6.58. The Labute approximate surface area is 109 Å². The third kappa shape index (κ3) is 3.53. The molecule has 0 saturated carbocycles. The van der Waals surface area contributed by atoms with Gasteiger partial charge in [-0.05, 0) is 38.1 Å². The Bertz CT molecular complexity index is 376. The first kappa shape index (κ1) is 13.0. The zero-order valence-electron chi connectivity index (χ0n) is 11.0. The van der Waals surface area contributed by atoms with Crippen LogP contribution < -0.4 is 15.2 Å². The van der Waals surface area contributed by atoms with Crippen molar-refractivity contribution < 1.29 is 9.47 Å². The number of ether oxygens (including phenoxy) is 2. The molecule has 0 spiro atoms. The molecule has 0 unspecified atom stereocenters. The van der Waals surface area contributed by atoms with E-state index in [1.54, 1.807) is 7.11 Å². The first-order chi connectivity index (χ1) is 8.79. The molecule has 4 nitrogen and oxygen atoms in total. The largest absolute Gasteiger partial charge is 0.494 e. The Balaban J connectivity index is 1.79. The van der Waals surface area contributed by atoms with E-state index in [2.05, 4.69) is 4.90 Å².